The van der Waals surface area contributed by atoms with Crippen LogP contribution in [0.4, 0.5) is 5.69 Å². The maximum Gasteiger partial charge on any atom is 0.265 e. The van der Waals surface area contributed by atoms with Crippen LogP contribution in [0.15, 0.2) is 76.8 Å². The Morgan fingerprint density at radius 2 is 1.84 bits per heavy atom. The first-order valence-electron chi connectivity index (χ1n) is 10.2. The van der Waals surface area contributed by atoms with Gasteiger partial charge in [-0.3, -0.25) is 18.9 Å². The van der Waals surface area contributed by atoms with Crippen LogP contribution in [0, 0.1) is 6.92 Å². The normalized spacial score (nSPS) is 11.2. The second-order valence-electron chi connectivity index (χ2n) is 7.38. The molecule has 0 saturated heterocycles. The molecule has 2 heterocycles. The molecule has 0 atom stereocenters. The fourth-order valence-electron chi connectivity index (χ4n) is 3.32. The Kier molecular flexibility index (Phi) is 7.09. The first-order valence-corrected chi connectivity index (χ1v) is 11.6. The van der Waals surface area contributed by atoms with Crippen LogP contribution in [-0.4, -0.2) is 41.9 Å². The molecule has 0 N–H and O–H groups in total. The third kappa shape index (κ3) is 5.05. The number of aryl methyl sites for hydroxylation is 2. The van der Waals surface area contributed by atoms with Gasteiger partial charge in [-0.2, -0.15) is 0 Å². The summed E-state index contributed by atoms with van der Waals surface area (Å²) in [5, 5.41) is 0. The Bertz CT molecular complexity index is 1260. The number of nitrogens with zero attached hydrogens (tertiary/aromatic N) is 4. The van der Waals surface area contributed by atoms with Crippen molar-refractivity contribution in [1.82, 2.24) is 14.5 Å². The summed E-state index contributed by atoms with van der Waals surface area (Å²) in [4.78, 5) is 30.8. The highest BCUT2D eigenvalue weighted by Gasteiger charge is 2.30. The highest BCUT2D eigenvalue weighted by Crippen LogP contribution is 2.25. The van der Waals surface area contributed by atoms with E-state index in [9.17, 15) is 18.0 Å². The van der Waals surface area contributed by atoms with E-state index >= 15 is 0 Å². The average molecular weight is 455 g/mol. The molecule has 3 rings (SSSR count). The van der Waals surface area contributed by atoms with Crippen LogP contribution in [-0.2, 0) is 28.4 Å². The van der Waals surface area contributed by atoms with Gasteiger partial charge in [-0.05, 0) is 43.2 Å². The zero-order valence-electron chi connectivity index (χ0n) is 18.3. The average Bonchev–Trinajstić information content (AvgIpc) is 2.78. The fraction of sp³-hybridized carbons (Fsp3) is 0.261. The van der Waals surface area contributed by atoms with Crippen LogP contribution in [0.5, 0.6) is 0 Å². The standard InChI is InChI=1S/C23H26N4O4S/c1-4-26(15-19-9-7-13-24-14-19)23(29)17-27(20-11-12-22(28)25(3)16-20)32(30,31)21-10-6-5-8-18(21)2/h5-14,16H,4,15,17H2,1-3H3. The highest BCUT2D eigenvalue weighted by atomic mass is 32.2. The summed E-state index contributed by atoms with van der Waals surface area (Å²) in [5.74, 6) is -0.359. The van der Waals surface area contributed by atoms with Crippen molar-refractivity contribution in [2.45, 2.75) is 25.3 Å². The molecule has 0 bridgehead atoms. The minimum absolute atomic E-state index is 0.108. The largest absolute Gasteiger partial charge is 0.337 e. The first-order chi connectivity index (χ1) is 15.2. The summed E-state index contributed by atoms with van der Waals surface area (Å²) in [6, 6.07) is 13.0. The fourth-order valence-corrected chi connectivity index (χ4v) is 4.95. The van der Waals surface area contributed by atoms with E-state index in [0.29, 0.717) is 18.7 Å². The van der Waals surface area contributed by atoms with Crippen LogP contribution in [0.3, 0.4) is 0 Å². The first kappa shape index (κ1) is 23.2. The number of carbonyl (C=O) groups is 1. The number of anilines is 1. The number of hydrogen-bond donors (Lipinski definition) is 0. The summed E-state index contributed by atoms with van der Waals surface area (Å²) in [6.07, 6.45) is 4.74. The number of benzene rings is 1. The zero-order valence-corrected chi connectivity index (χ0v) is 19.1. The van der Waals surface area contributed by atoms with Crippen molar-refractivity contribution in [2.75, 3.05) is 17.4 Å². The van der Waals surface area contributed by atoms with E-state index in [1.165, 1.54) is 36.0 Å². The quantitative estimate of drug-likeness (QED) is 0.521. The molecular weight excluding hydrogens is 428 g/mol. The molecule has 0 radical (unpaired) electrons. The predicted molar refractivity (Wildman–Crippen MR) is 123 cm³/mol. The molecule has 1 amide bonds. The number of likely N-dealkylation sites (N-methyl/N-ethyl adjacent to an activating group) is 1. The van der Waals surface area contributed by atoms with Gasteiger partial charge in [-0.25, -0.2) is 8.42 Å². The van der Waals surface area contributed by atoms with Crippen LogP contribution < -0.4 is 9.86 Å². The minimum atomic E-state index is -4.07. The van der Waals surface area contributed by atoms with Gasteiger partial charge in [0.2, 0.25) is 11.5 Å². The second kappa shape index (κ2) is 9.78. The van der Waals surface area contributed by atoms with Crippen LogP contribution >= 0.6 is 0 Å². The molecule has 168 valence electrons. The molecule has 8 nitrogen and oxygen atoms in total. The van der Waals surface area contributed by atoms with Gasteiger partial charge < -0.3 is 9.47 Å². The number of rotatable bonds is 8. The third-order valence-electron chi connectivity index (χ3n) is 5.13. The molecule has 0 fully saturated rings. The van der Waals surface area contributed by atoms with Crippen molar-refractivity contribution < 1.29 is 13.2 Å². The van der Waals surface area contributed by atoms with Gasteiger partial charge in [0.05, 0.1) is 10.6 Å². The lowest BCUT2D eigenvalue weighted by Gasteiger charge is -2.28. The lowest BCUT2D eigenvalue weighted by atomic mass is 10.2. The molecule has 1 aromatic carbocycles. The monoisotopic (exact) mass is 454 g/mol. The number of pyridine rings is 2. The Hall–Kier alpha value is -3.46. The maximum absolute atomic E-state index is 13.6. The van der Waals surface area contributed by atoms with Crippen LogP contribution in [0.2, 0.25) is 0 Å². The van der Waals surface area contributed by atoms with Crippen molar-refractivity contribution >= 4 is 21.6 Å². The lowest BCUT2D eigenvalue weighted by Crippen LogP contribution is -2.43. The van der Waals surface area contributed by atoms with Crippen molar-refractivity contribution in [2.24, 2.45) is 7.05 Å². The Morgan fingerprint density at radius 3 is 2.47 bits per heavy atom. The van der Waals surface area contributed by atoms with Crippen molar-refractivity contribution in [3.63, 3.8) is 0 Å². The summed E-state index contributed by atoms with van der Waals surface area (Å²) in [5.41, 5.74) is 1.37. The highest BCUT2D eigenvalue weighted by molar-refractivity contribution is 7.93. The van der Waals surface area contributed by atoms with Crippen molar-refractivity contribution in [1.29, 1.82) is 0 Å². The van der Waals surface area contributed by atoms with Gasteiger partial charge in [0.25, 0.3) is 10.0 Å². The van der Waals surface area contributed by atoms with Crippen LogP contribution in [0.25, 0.3) is 0 Å². The third-order valence-corrected chi connectivity index (χ3v) is 7.06. The molecular formula is C23H26N4O4S. The molecule has 0 unspecified atom stereocenters. The Balaban J connectivity index is 2.00. The SMILES string of the molecule is CCN(Cc1cccnc1)C(=O)CN(c1ccc(=O)n(C)c1)S(=O)(=O)c1ccccc1C. The van der Waals surface area contributed by atoms with Gasteiger partial charge in [0.1, 0.15) is 6.54 Å². The lowest BCUT2D eigenvalue weighted by molar-refractivity contribution is -0.129. The van der Waals surface area contributed by atoms with E-state index in [0.717, 1.165) is 9.87 Å². The molecule has 3 aromatic rings. The molecule has 32 heavy (non-hydrogen) atoms. The summed E-state index contributed by atoms with van der Waals surface area (Å²) < 4.78 is 29.6. The molecule has 0 aliphatic rings. The molecule has 9 heteroatoms. The number of sulfonamides is 1. The van der Waals surface area contributed by atoms with Crippen LogP contribution in [0.1, 0.15) is 18.1 Å². The molecule has 0 spiro atoms. The van der Waals surface area contributed by atoms with E-state index in [1.807, 2.05) is 13.0 Å². The predicted octanol–water partition coefficient (Wildman–Crippen LogP) is 2.33. The molecule has 0 aliphatic heterocycles. The smallest absolute Gasteiger partial charge is 0.265 e. The van der Waals surface area contributed by atoms with Crippen molar-refractivity contribution in [3.8, 4) is 0 Å². The number of carbonyl (C=O) groups excluding carboxylic acids is 1. The summed E-state index contributed by atoms with van der Waals surface area (Å²) in [6.45, 7) is 3.85. The molecule has 0 saturated carbocycles. The van der Waals surface area contributed by atoms with Gasteiger partial charge in [0.15, 0.2) is 0 Å². The van der Waals surface area contributed by atoms with Gasteiger partial charge in [-0.15, -0.1) is 0 Å². The number of aromatic nitrogens is 2. The van der Waals surface area contributed by atoms with E-state index in [-0.39, 0.29) is 22.0 Å². The number of amides is 1. The van der Waals surface area contributed by atoms with E-state index < -0.39 is 16.6 Å². The van der Waals surface area contributed by atoms with Gasteiger partial charge in [-0.1, -0.05) is 24.3 Å². The van der Waals surface area contributed by atoms with E-state index in [4.69, 9.17) is 0 Å². The Morgan fingerprint density at radius 1 is 1.09 bits per heavy atom. The Labute approximate surface area is 187 Å². The second-order valence-corrected chi connectivity index (χ2v) is 9.21. The van der Waals surface area contributed by atoms with E-state index in [1.54, 1.807) is 48.5 Å². The molecule has 2 aromatic heterocycles. The topological polar surface area (TPSA) is 92.6 Å². The zero-order chi connectivity index (χ0) is 23.3. The summed E-state index contributed by atoms with van der Waals surface area (Å²) in [7, 11) is -2.53. The van der Waals surface area contributed by atoms with E-state index in [2.05, 4.69) is 4.98 Å². The maximum atomic E-state index is 13.6. The van der Waals surface area contributed by atoms with Crippen molar-refractivity contribution in [3.05, 3.63) is 88.6 Å². The summed E-state index contributed by atoms with van der Waals surface area (Å²) >= 11 is 0. The molecule has 0 aliphatic carbocycles. The van der Waals surface area contributed by atoms with Gasteiger partial charge in [0, 0.05) is 44.8 Å². The number of hydrogen-bond acceptors (Lipinski definition) is 5. The van der Waals surface area contributed by atoms with Gasteiger partial charge >= 0.3 is 0 Å². The minimum Gasteiger partial charge on any atom is -0.337 e.